The first-order valence-electron chi connectivity index (χ1n) is 5.90. The van der Waals surface area contributed by atoms with Crippen molar-refractivity contribution in [2.75, 3.05) is 0 Å². The van der Waals surface area contributed by atoms with Crippen LogP contribution in [-0.4, -0.2) is 10.3 Å². The van der Waals surface area contributed by atoms with E-state index in [4.69, 9.17) is 8.94 Å². The molecule has 0 saturated heterocycles. The molecule has 0 atom stereocenters. The highest BCUT2D eigenvalue weighted by atomic mass is 19.2. The molecule has 7 heteroatoms. The highest BCUT2D eigenvalue weighted by Crippen LogP contribution is 2.33. The van der Waals surface area contributed by atoms with Gasteiger partial charge in [-0.3, -0.25) is 0 Å². The van der Waals surface area contributed by atoms with Crippen molar-refractivity contribution in [3.63, 3.8) is 0 Å². The Bertz CT molecular complexity index is 758. The number of aromatic nitrogens is 1. The highest BCUT2D eigenvalue weighted by molar-refractivity contribution is 5.70. The van der Waals surface area contributed by atoms with Crippen molar-refractivity contribution < 1.29 is 27.2 Å². The monoisotopic (exact) mass is 295 g/mol. The molecule has 0 aliphatic carbocycles. The van der Waals surface area contributed by atoms with E-state index in [-0.39, 0.29) is 22.6 Å². The number of aliphatic hydroxyl groups is 1. The molecule has 0 aliphatic rings. The maximum absolute atomic E-state index is 13.3. The molecule has 2 heterocycles. The van der Waals surface area contributed by atoms with Gasteiger partial charge in [0.25, 0.3) is 0 Å². The maximum atomic E-state index is 13.3. The van der Waals surface area contributed by atoms with E-state index in [1.54, 1.807) is 12.1 Å². The average Bonchev–Trinajstić information content (AvgIpc) is 3.11. The summed E-state index contributed by atoms with van der Waals surface area (Å²) in [6.07, 6.45) is 1.40. The molecule has 4 nitrogen and oxygen atoms in total. The summed E-state index contributed by atoms with van der Waals surface area (Å²) in [6.45, 7) is -0.491. The summed E-state index contributed by atoms with van der Waals surface area (Å²) in [6, 6.07) is 4.74. The molecule has 0 bridgehead atoms. The molecule has 1 N–H and O–H groups in total. The van der Waals surface area contributed by atoms with Gasteiger partial charge in [0.05, 0.1) is 18.4 Å². The average molecular weight is 295 g/mol. The maximum Gasteiger partial charge on any atom is 0.208 e. The van der Waals surface area contributed by atoms with E-state index < -0.39 is 24.1 Å². The van der Waals surface area contributed by atoms with E-state index >= 15 is 0 Å². The topological polar surface area (TPSA) is 59.4 Å². The second-order valence-electron chi connectivity index (χ2n) is 4.23. The normalized spacial score (nSPS) is 11.0. The minimum absolute atomic E-state index is 0.0155. The van der Waals surface area contributed by atoms with Crippen LogP contribution in [0.5, 0.6) is 0 Å². The quantitative estimate of drug-likeness (QED) is 0.751. The molecular formula is C14H8F3NO3. The fourth-order valence-corrected chi connectivity index (χ4v) is 1.98. The van der Waals surface area contributed by atoms with Gasteiger partial charge in [0.2, 0.25) is 5.76 Å². The largest absolute Gasteiger partial charge is 0.461 e. The van der Waals surface area contributed by atoms with E-state index in [1.165, 1.54) is 6.26 Å². The standard InChI is InChI=1S/C14H8F3NO3/c15-9-4-7(5-10(16)12(9)17)13-8(6-19)14(21-18-13)11-2-1-3-20-11/h1-5,19H,6H2. The van der Waals surface area contributed by atoms with Crippen molar-refractivity contribution in [2.24, 2.45) is 0 Å². The van der Waals surface area contributed by atoms with Crippen molar-refractivity contribution >= 4 is 0 Å². The summed E-state index contributed by atoms with van der Waals surface area (Å²) in [5, 5.41) is 13.1. The Morgan fingerprint density at radius 2 is 1.86 bits per heavy atom. The highest BCUT2D eigenvalue weighted by Gasteiger charge is 2.22. The van der Waals surface area contributed by atoms with Crippen LogP contribution in [0.25, 0.3) is 22.8 Å². The lowest BCUT2D eigenvalue weighted by Gasteiger charge is -2.02. The van der Waals surface area contributed by atoms with E-state index in [2.05, 4.69) is 5.16 Å². The third-order valence-electron chi connectivity index (χ3n) is 2.95. The first-order valence-corrected chi connectivity index (χ1v) is 5.90. The van der Waals surface area contributed by atoms with Gasteiger partial charge in [-0.15, -0.1) is 0 Å². The van der Waals surface area contributed by atoms with Crippen LogP contribution < -0.4 is 0 Å². The Hall–Kier alpha value is -2.54. The predicted molar refractivity (Wildman–Crippen MR) is 65.4 cm³/mol. The van der Waals surface area contributed by atoms with Crippen LogP contribution in [0, 0.1) is 17.5 Å². The summed E-state index contributed by atoms with van der Waals surface area (Å²) in [5.41, 5.74) is 0.161. The van der Waals surface area contributed by atoms with Gasteiger partial charge in [-0.25, -0.2) is 13.2 Å². The second-order valence-corrected chi connectivity index (χ2v) is 4.23. The molecule has 0 saturated carbocycles. The molecule has 0 radical (unpaired) electrons. The molecule has 1 aromatic carbocycles. The van der Waals surface area contributed by atoms with Crippen LogP contribution in [-0.2, 0) is 6.61 Å². The van der Waals surface area contributed by atoms with Crippen LogP contribution in [0.2, 0.25) is 0 Å². The lowest BCUT2D eigenvalue weighted by atomic mass is 10.1. The second kappa shape index (κ2) is 5.10. The van der Waals surface area contributed by atoms with Crippen LogP contribution in [0.1, 0.15) is 5.56 Å². The zero-order valence-corrected chi connectivity index (χ0v) is 10.4. The molecule has 0 unspecified atom stereocenters. The first-order chi connectivity index (χ1) is 10.1. The van der Waals surface area contributed by atoms with Crippen LogP contribution in [0.15, 0.2) is 39.5 Å². The molecular weight excluding hydrogens is 287 g/mol. The molecule has 21 heavy (non-hydrogen) atoms. The van der Waals surface area contributed by atoms with E-state index in [1.807, 2.05) is 0 Å². The molecule has 108 valence electrons. The van der Waals surface area contributed by atoms with E-state index in [0.717, 1.165) is 12.1 Å². The van der Waals surface area contributed by atoms with E-state index in [9.17, 15) is 18.3 Å². The minimum atomic E-state index is -1.57. The molecule has 3 aromatic rings. The number of hydrogen-bond donors (Lipinski definition) is 1. The number of halogens is 3. The molecule has 0 spiro atoms. The molecule has 0 fully saturated rings. The predicted octanol–water partition coefficient (Wildman–Crippen LogP) is 3.51. The summed E-state index contributed by atoms with van der Waals surface area (Å²) in [5.74, 6) is -3.82. The number of nitrogens with zero attached hydrogens (tertiary/aromatic N) is 1. The van der Waals surface area contributed by atoms with Crippen LogP contribution in [0.3, 0.4) is 0 Å². The fourth-order valence-electron chi connectivity index (χ4n) is 1.98. The van der Waals surface area contributed by atoms with Gasteiger partial charge in [-0.2, -0.15) is 0 Å². The Labute approximate surface area is 116 Å². The first kappa shape index (κ1) is 13.4. The summed E-state index contributed by atoms with van der Waals surface area (Å²) < 4.78 is 49.7. The number of hydrogen-bond acceptors (Lipinski definition) is 4. The number of aliphatic hydroxyl groups excluding tert-OH is 1. The van der Waals surface area contributed by atoms with Crippen LogP contribution in [0.4, 0.5) is 13.2 Å². The Morgan fingerprint density at radius 3 is 2.43 bits per heavy atom. The Morgan fingerprint density at radius 1 is 1.14 bits per heavy atom. The summed E-state index contributed by atoms with van der Waals surface area (Å²) in [7, 11) is 0. The number of benzene rings is 1. The van der Waals surface area contributed by atoms with Crippen molar-refractivity contribution in [3.8, 4) is 22.8 Å². The zero-order chi connectivity index (χ0) is 15.0. The zero-order valence-electron chi connectivity index (χ0n) is 10.4. The lowest BCUT2D eigenvalue weighted by molar-refractivity contribution is 0.281. The summed E-state index contributed by atoms with van der Waals surface area (Å²) in [4.78, 5) is 0. The third kappa shape index (κ3) is 2.21. The minimum Gasteiger partial charge on any atom is -0.461 e. The molecule has 0 aliphatic heterocycles. The van der Waals surface area contributed by atoms with Gasteiger partial charge in [0.15, 0.2) is 23.2 Å². The van der Waals surface area contributed by atoms with E-state index in [0.29, 0.717) is 5.76 Å². The van der Waals surface area contributed by atoms with Crippen molar-refractivity contribution in [1.82, 2.24) is 5.16 Å². The Balaban J connectivity index is 2.16. The summed E-state index contributed by atoms with van der Waals surface area (Å²) >= 11 is 0. The number of rotatable bonds is 3. The fraction of sp³-hybridized carbons (Fsp3) is 0.0714. The van der Waals surface area contributed by atoms with Gasteiger partial charge in [-0.05, 0) is 24.3 Å². The van der Waals surface area contributed by atoms with Gasteiger partial charge < -0.3 is 14.0 Å². The van der Waals surface area contributed by atoms with Gasteiger partial charge in [0, 0.05) is 5.56 Å². The molecule has 3 rings (SSSR count). The SMILES string of the molecule is OCc1c(-c2cc(F)c(F)c(F)c2)noc1-c1ccco1. The third-order valence-corrected chi connectivity index (χ3v) is 2.95. The Kier molecular flexibility index (Phi) is 3.26. The van der Waals surface area contributed by atoms with Gasteiger partial charge in [-0.1, -0.05) is 5.16 Å². The van der Waals surface area contributed by atoms with Crippen molar-refractivity contribution in [3.05, 3.63) is 53.5 Å². The van der Waals surface area contributed by atoms with Crippen LogP contribution >= 0.6 is 0 Å². The van der Waals surface area contributed by atoms with Crippen molar-refractivity contribution in [2.45, 2.75) is 6.61 Å². The lowest BCUT2D eigenvalue weighted by Crippen LogP contribution is -1.94. The van der Waals surface area contributed by atoms with Gasteiger partial charge >= 0.3 is 0 Å². The smallest absolute Gasteiger partial charge is 0.208 e. The number of furan rings is 1. The molecule has 2 aromatic heterocycles. The molecule has 0 amide bonds. The van der Waals surface area contributed by atoms with Crippen molar-refractivity contribution in [1.29, 1.82) is 0 Å². The van der Waals surface area contributed by atoms with Gasteiger partial charge in [0.1, 0.15) is 5.69 Å².